The highest BCUT2D eigenvalue weighted by Gasteiger charge is 2.24. The fourth-order valence-corrected chi connectivity index (χ4v) is 2.70. The van der Waals surface area contributed by atoms with Crippen LogP contribution in [-0.4, -0.2) is 35.6 Å². The SMILES string of the molecule is Cl.O=C(O)C1CCN(CCc2c(F)cccc2Cl)CC1. The van der Waals surface area contributed by atoms with Crippen molar-refractivity contribution in [2.24, 2.45) is 5.92 Å². The van der Waals surface area contributed by atoms with E-state index < -0.39 is 5.97 Å². The van der Waals surface area contributed by atoms with E-state index in [4.69, 9.17) is 16.7 Å². The molecule has 1 aromatic carbocycles. The summed E-state index contributed by atoms with van der Waals surface area (Å²) in [7, 11) is 0. The average molecular weight is 322 g/mol. The maximum absolute atomic E-state index is 13.6. The first-order chi connectivity index (χ1) is 9.08. The van der Waals surface area contributed by atoms with Crippen LogP contribution in [0.25, 0.3) is 0 Å². The summed E-state index contributed by atoms with van der Waals surface area (Å²) in [5.41, 5.74) is 0.546. The van der Waals surface area contributed by atoms with Crippen molar-refractivity contribution in [3.63, 3.8) is 0 Å². The van der Waals surface area contributed by atoms with E-state index >= 15 is 0 Å². The molecule has 1 N–H and O–H groups in total. The van der Waals surface area contributed by atoms with E-state index in [1.54, 1.807) is 12.1 Å². The summed E-state index contributed by atoms with van der Waals surface area (Å²) in [5.74, 6) is -1.21. The Hall–Kier alpha value is -0.840. The molecular weight excluding hydrogens is 304 g/mol. The number of benzene rings is 1. The lowest BCUT2D eigenvalue weighted by Crippen LogP contribution is -2.37. The fraction of sp³-hybridized carbons (Fsp3) is 0.500. The lowest BCUT2D eigenvalue weighted by atomic mass is 9.97. The molecule has 1 aliphatic rings. The summed E-state index contributed by atoms with van der Waals surface area (Å²) in [5, 5.41) is 9.38. The second-order valence-electron chi connectivity index (χ2n) is 4.90. The number of hydrogen-bond acceptors (Lipinski definition) is 2. The van der Waals surface area contributed by atoms with Gasteiger partial charge in [-0.3, -0.25) is 4.79 Å². The van der Waals surface area contributed by atoms with Gasteiger partial charge in [-0.2, -0.15) is 0 Å². The van der Waals surface area contributed by atoms with Gasteiger partial charge in [-0.25, -0.2) is 4.39 Å². The maximum Gasteiger partial charge on any atom is 0.306 e. The maximum atomic E-state index is 13.6. The molecular formula is C14H18Cl2FNO2. The summed E-state index contributed by atoms with van der Waals surface area (Å²) in [4.78, 5) is 13.0. The van der Waals surface area contributed by atoms with Gasteiger partial charge >= 0.3 is 5.97 Å². The van der Waals surface area contributed by atoms with Gasteiger partial charge in [0.2, 0.25) is 0 Å². The van der Waals surface area contributed by atoms with Crippen LogP contribution in [-0.2, 0) is 11.2 Å². The topological polar surface area (TPSA) is 40.5 Å². The Morgan fingerprint density at radius 1 is 1.40 bits per heavy atom. The van der Waals surface area contributed by atoms with E-state index in [2.05, 4.69) is 4.90 Å². The van der Waals surface area contributed by atoms with E-state index in [0.29, 0.717) is 36.4 Å². The van der Waals surface area contributed by atoms with E-state index in [9.17, 15) is 9.18 Å². The Morgan fingerprint density at radius 2 is 2.05 bits per heavy atom. The Morgan fingerprint density at radius 3 is 2.60 bits per heavy atom. The molecule has 0 amide bonds. The predicted octanol–water partition coefficient (Wildman–Crippen LogP) is 3.24. The van der Waals surface area contributed by atoms with Gasteiger partial charge in [-0.15, -0.1) is 12.4 Å². The molecule has 0 aromatic heterocycles. The largest absolute Gasteiger partial charge is 0.481 e. The first-order valence-corrected chi connectivity index (χ1v) is 6.84. The van der Waals surface area contributed by atoms with Crippen LogP contribution in [0.15, 0.2) is 18.2 Å². The molecule has 1 aromatic rings. The van der Waals surface area contributed by atoms with Crippen LogP contribution in [0.2, 0.25) is 5.02 Å². The van der Waals surface area contributed by atoms with Gasteiger partial charge < -0.3 is 10.0 Å². The summed E-state index contributed by atoms with van der Waals surface area (Å²) >= 11 is 5.98. The van der Waals surface area contributed by atoms with Gasteiger partial charge in [0.1, 0.15) is 5.82 Å². The van der Waals surface area contributed by atoms with Crippen molar-refractivity contribution < 1.29 is 14.3 Å². The number of carboxylic acids is 1. The number of rotatable bonds is 4. The second-order valence-corrected chi connectivity index (χ2v) is 5.31. The minimum atomic E-state index is -0.711. The molecule has 0 bridgehead atoms. The lowest BCUT2D eigenvalue weighted by molar-refractivity contribution is -0.143. The molecule has 20 heavy (non-hydrogen) atoms. The molecule has 1 saturated heterocycles. The molecule has 1 aliphatic heterocycles. The molecule has 0 saturated carbocycles. The number of hydrogen-bond donors (Lipinski definition) is 1. The van der Waals surface area contributed by atoms with Gasteiger partial charge in [0, 0.05) is 17.1 Å². The first-order valence-electron chi connectivity index (χ1n) is 6.46. The zero-order valence-electron chi connectivity index (χ0n) is 11.0. The summed E-state index contributed by atoms with van der Waals surface area (Å²) in [6.07, 6.45) is 1.89. The molecule has 112 valence electrons. The van der Waals surface area contributed by atoms with E-state index in [0.717, 1.165) is 13.1 Å². The Kier molecular flexibility index (Phi) is 6.72. The molecule has 0 radical (unpaired) electrons. The smallest absolute Gasteiger partial charge is 0.306 e. The minimum absolute atomic E-state index is 0. The highest BCUT2D eigenvalue weighted by molar-refractivity contribution is 6.31. The number of aliphatic carboxylic acids is 1. The molecule has 1 fully saturated rings. The number of likely N-dealkylation sites (tertiary alicyclic amines) is 1. The molecule has 0 unspecified atom stereocenters. The van der Waals surface area contributed by atoms with Crippen molar-refractivity contribution in [3.05, 3.63) is 34.6 Å². The van der Waals surface area contributed by atoms with Crippen molar-refractivity contribution in [2.45, 2.75) is 19.3 Å². The fourth-order valence-electron chi connectivity index (χ4n) is 2.44. The van der Waals surface area contributed by atoms with E-state index in [1.807, 2.05) is 0 Å². The predicted molar refractivity (Wildman–Crippen MR) is 79.2 cm³/mol. The highest BCUT2D eigenvalue weighted by atomic mass is 35.5. The van der Waals surface area contributed by atoms with E-state index in [1.165, 1.54) is 6.07 Å². The molecule has 6 heteroatoms. The van der Waals surface area contributed by atoms with Crippen molar-refractivity contribution in [3.8, 4) is 0 Å². The third kappa shape index (κ3) is 4.33. The normalized spacial score (nSPS) is 16.7. The van der Waals surface area contributed by atoms with Crippen LogP contribution in [0.3, 0.4) is 0 Å². The summed E-state index contributed by atoms with van der Waals surface area (Å²) in [6.45, 7) is 2.22. The van der Waals surface area contributed by atoms with Gasteiger partial charge in [-0.1, -0.05) is 17.7 Å². The second kappa shape index (κ2) is 7.81. The molecule has 3 nitrogen and oxygen atoms in total. The highest BCUT2D eigenvalue weighted by Crippen LogP contribution is 2.21. The number of piperidine rings is 1. The van der Waals surface area contributed by atoms with Crippen LogP contribution < -0.4 is 0 Å². The third-order valence-corrected chi connectivity index (χ3v) is 4.03. The van der Waals surface area contributed by atoms with Crippen LogP contribution in [0.4, 0.5) is 4.39 Å². The van der Waals surface area contributed by atoms with Crippen LogP contribution in [0, 0.1) is 11.7 Å². The Balaban J connectivity index is 0.00000200. The molecule has 0 spiro atoms. The van der Waals surface area contributed by atoms with Gasteiger partial charge in [0.15, 0.2) is 0 Å². The molecule has 2 rings (SSSR count). The number of carboxylic acid groups (broad SMARTS) is 1. The first kappa shape index (κ1) is 17.2. The number of halogens is 3. The average Bonchev–Trinajstić information content (AvgIpc) is 2.38. The standard InChI is InChI=1S/C14H17ClFNO2.ClH/c15-12-2-1-3-13(16)11(12)6-9-17-7-4-10(5-8-17)14(18)19;/h1-3,10H,4-9H2,(H,18,19);1H. The monoisotopic (exact) mass is 321 g/mol. The van der Waals surface area contributed by atoms with Gasteiger partial charge in [0.05, 0.1) is 5.92 Å². The lowest BCUT2D eigenvalue weighted by Gasteiger charge is -2.30. The third-order valence-electron chi connectivity index (χ3n) is 3.68. The van der Waals surface area contributed by atoms with Gasteiger partial charge in [-0.05, 0) is 44.5 Å². The van der Waals surface area contributed by atoms with Crippen LogP contribution in [0.5, 0.6) is 0 Å². The summed E-state index contributed by atoms with van der Waals surface area (Å²) < 4.78 is 13.6. The zero-order chi connectivity index (χ0) is 13.8. The van der Waals surface area contributed by atoms with Gasteiger partial charge in [0.25, 0.3) is 0 Å². The number of carbonyl (C=O) groups is 1. The van der Waals surface area contributed by atoms with Crippen molar-refractivity contribution in [2.75, 3.05) is 19.6 Å². The Labute approximate surface area is 129 Å². The molecule has 0 aliphatic carbocycles. The quantitative estimate of drug-likeness (QED) is 0.925. The van der Waals surface area contributed by atoms with E-state index in [-0.39, 0.29) is 24.1 Å². The van der Waals surface area contributed by atoms with Crippen LogP contribution >= 0.6 is 24.0 Å². The van der Waals surface area contributed by atoms with Crippen molar-refractivity contribution in [1.29, 1.82) is 0 Å². The van der Waals surface area contributed by atoms with Crippen molar-refractivity contribution in [1.82, 2.24) is 4.90 Å². The zero-order valence-corrected chi connectivity index (χ0v) is 12.6. The molecule has 0 atom stereocenters. The van der Waals surface area contributed by atoms with Crippen molar-refractivity contribution >= 4 is 30.0 Å². The Bertz CT molecular complexity index is 442. The van der Waals surface area contributed by atoms with Crippen LogP contribution in [0.1, 0.15) is 18.4 Å². The molecule has 1 heterocycles. The summed E-state index contributed by atoms with van der Waals surface area (Å²) in [6, 6.07) is 4.70. The number of nitrogens with zero attached hydrogens (tertiary/aromatic N) is 1. The minimum Gasteiger partial charge on any atom is -0.481 e.